The highest BCUT2D eigenvalue weighted by Crippen LogP contribution is 2.39. The number of anilines is 1. The van der Waals surface area contributed by atoms with Gasteiger partial charge in [0.1, 0.15) is 13.2 Å². The summed E-state index contributed by atoms with van der Waals surface area (Å²) in [5, 5.41) is 1.74. The summed E-state index contributed by atoms with van der Waals surface area (Å²) < 4.78 is 11.5. The molecule has 1 aromatic heterocycles. The molecule has 0 atom stereocenters. The number of hydrogen-bond donors (Lipinski definition) is 1. The number of aromatic nitrogens is 1. The highest BCUT2D eigenvalue weighted by atomic mass is 35.5. The average molecular weight is 412 g/mol. The summed E-state index contributed by atoms with van der Waals surface area (Å²) in [5.41, 5.74) is 3.01. The van der Waals surface area contributed by atoms with Crippen molar-refractivity contribution in [2.45, 2.75) is 6.42 Å². The van der Waals surface area contributed by atoms with E-state index in [0.717, 1.165) is 46.7 Å². The molecule has 2 aromatic carbocycles. The molecule has 2 aliphatic rings. The molecule has 29 heavy (non-hydrogen) atoms. The van der Waals surface area contributed by atoms with E-state index in [-0.39, 0.29) is 5.91 Å². The van der Waals surface area contributed by atoms with Crippen molar-refractivity contribution in [2.24, 2.45) is 0 Å². The SMILES string of the molecule is O=C(Cc1c[nH]c2cc(Cl)ccc12)N1CCN(c2cccc3c2OCCO3)CC1. The minimum Gasteiger partial charge on any atom is -0.486 e. The Morgan fingerprint density at radius 3 is 2.76 bits per heavy atom. The van der Waals surface area contributed by atoms with Crippen LogP contribution in [0, 0.1) is 0 Å². The number of H-pyrrole nitrogens is 1. The van der Waals surface area contributed by atoms with Gasteiger partial charge in [0.05, 0.1) is 12.1 Å². The first-order valence-electron chi connectivity index (χ1n) is 9.86. The zero-order chi connectivity index (χ0) is 19.8. The van der Waals surface area contributed by atoms with Crippen LogP contribution in [0.15, 0.2) is 42.6 Å². The van der Waals surface area contributed by atoms with E-state index in [1.807, 2.05) is 41.4 Å². The van der Waals surface area contributed by atoms with E-state index in [0.29, 0.717) is 37.7 Å². The van der Waals surface area contributed by atoms with Crippen molar-refractivity contribution >= 4 is 34.1 Å². The lowest BCUT2D eigenvalue weighted by Gasteiger charge is -2.37. The molecule has 150 valence electrons. The lowest BCUT2D eigenvalue weighted by atomic mass is 10.1. The van der Waals surface area contributed by atoms with Gasteiger partial charge in [-0.2, -0.15) is 0 Å². The summed E-state index contributed by atoms with van der Waals surface area (Å²) in [6.07, 6.45) is 2.29. The molecular formula is C22H22ClN3O3. The molecule has 2 aliphatic heterocycles. The monoisotopic (exact) mass is 411 g/mol. The number of carbonyl (C=O) groups excluding carboxylic acids is 1. The second-order valence-corrected chi connectivity index (χ2v) is 7.79. The molecule has 1 fully saturated rings. The molecule has 0 bridgehead atoms. The predicted molar refractivity (Wildman–Crippen MR) is 113 cm³/mol. The Balaban J connectivity index is 1.25. The van der Waals surface area contributed by atoms with Gasteiger partial charge >= 0.3 is 0 Å². The Labute approximate surface area is 173 Å². The van der Waals surface area contributed by atoms with Gasteiger partial charge < -0.3 is 24.3 Å². The molecule has 0 radical (unpaired) electrons. The Bertz CT molecular complexity index is 1060. The number of nitrogens with one attached hydrogen (secondary N) is 1. The number of nitrogens with zero attached hydrogens (tertiary/aromatic N) is 2. The second-order valence-electron chi connectivity index (χ2n) is 7.35. The lowest BCUT2D eigenvalue weighted by Crippen LogP contribution is -2.49. The predicted octanol–water partition coefficient (Wildman–Crippen LogP) is 3.48. The minimum atomic E-state index is 0.148. The van der Waals surface area contributed by atoms with Crippen LogP contribution in [0.5, 0.6) is 11.5 Å². The third kappa shape index (κ3) is 3.49. The van der Waals surface area contributed by atoms with Gasteiger partial charge in [-0.05, 0) is 29.8 Å². The quantitative estimate of drug-likeness (QED) is 0.716. The topological polar surface area (TPSA) is 57.8 Å². The average Bonchev–Trinajstić information content (AvgIpc) is 3.15. The summed E-state index contributed by atoms with van der Waals surface area (Å²) in [5.74, 6) is 1.76. The van der Waals surface area contributed by atoms with Crippen LogP contribution in [0.2, 0.25) is 5.02 Å². The molecule has 0 aliphatic carbocycles. The van der Waals surface area contributed by atoms with E-state index >= 15 is 0 Å². The van der Waals surface area contributed by atoms with Gasteiger partial charge in [0, 0.05) is 48.3 Å². The Hall–Kier alpha value is -2.86. The number of benzene rings is 2. The fourth-order valence-electron chi connectivity index (χ4n) is 4.08. The van der Waals surface area contributed by atoms with Crippen LogP contribution in [0.1, 0.15) is 5.56 Å². The van der Waals surface area contributed by atoms with Gasteiger partial charge in [-0.25, -0.2) is 0 Å². The second kappa shape index (κ2) is 7.52. The number of piperazine rings is 1. The van der Waals surface area contributed by atoms with E-state index in [9.17, 15) is 4.79 Å². The molecule has 6 nitrogen and oxygen atoms in total. The van der Waals surface area contributed by atoms with Gasteiger partial charge in [-0.1, -0.05) is 23.7 Å². The smallest absolute Gasteiger partial charge is 0.227 e. The number of rotatable bonds is 3. The molecule has 1 amide bonds. The largest absolute Gasteiger partial charge is 0.486 e. The third-order valence-electron chi connectivity index (χ3n) is 5.59. The molecule has 1 N–H and O–H groups in total. The highest BCUT2D eigenvalue weighted by molar-refractivity contribution is 6.31. The van der Waals surface area contributed by atoms with Crippen molar-refractivity contribution in [3.8, 4) is 11.5 Å². The maximum absolute atomic E-state index is 12.9. The number of para-hydroxylation sites is 1. The van der Waals surface area contributed by atoms with Gasteiger partial charge in [0.15, 0.2) is 11.5 Å². The van der Waals surface area contributed by atoms with Crippen molar-refractivity contribution in [1.29, 1.82) is 0 Å². The third-order valence-corrected chi connectivity index (χ3v) is 5.82. The molecule has 7 heteroatoms. The summed E-state index contributed by atoms with van der Waals surface area (Å²) >= 11 is 6.05. The van der Waals surface area contributed by atoms with Crippen molar-refractivity contribution in [3.63, 3.8) is 0 Å². The zero-order valence-corrected chi connectivity index (χ0v) is 16.7. The zero-order valence-electron chi connectivity index (χ0n) is 16.0. The van der Waals surface area contributed by atoms with Crippen molar-refractivity contribution in [2.75, 3.05) is 44.3 Å². The van der Waals surface area contributed by atoms with Crippen LogP contribution in [-0.2, 0) is 11.2 Å². The molecule has 3 aromatic rings. The van der Waals surface area contributed by atoms with E-state index in [1.165, 1.54) is 0 Å². The molecule has 1 saturated heterocycles. The van der Waals surface area contributed by atoms with Crippen LogP contribution in [0.4, 0.5) is 5.69 Å². The number of hydrogen-bond acceptors (Lipinski definition) is 4. The van der Waals surface area contributed by atoms with E-state index in [1.54, 1.807) is 0 Å². The van der Waals surface area contributed by atoms with Crippen LogP contribution in [-0.4, -0.2) is 55.2 Å². The van der Waals surface area contributed by atoms with E-state index in [4.69, 9.17) is 21.1 Å². The van der Waals surface area contributed by atoms with Crippen molar-refractivity contribution in [1.82, 2.24) is 9.88 Å². The molecular weight excluding hydrogens is 390 g/mol. The van der Waals surface area contributed by atoms with Crippen molar-refractivity contribution < 1.29 is 14.3 Å². The van der Waals surface area contributed by atoms with Gasteiger partial charge in [-0.3, -0.25) is 4.79 Å². The number of halogens is 1. The summed E-state index contributed by atoms with van der Waals surface area (Å²) in [4.78, 5) is 20.3. The fourth-order valence-corrected chi connectivity index (χ4v) is 4.26. The normalized spacial score (nSPS) is 16.3. The maximum atomic E-state index is 12.9. The van der Waals surface area contributed by atoms with Crippen LogP contribution >= 0.6 is 11.6 Å². The molecule has 0 spiro atoms. The number of amides is 1. The van der Waals surface area contributed by atoms with Crippen LogP contribution in [0.25, 0.3) is 10.9 Å². The maximum Gasteiger partial charge on any atom is 0.227 e. The summed E-state index contributed by atoms with van der Waals surface area (Å²) in [7, 11) is 0. The van der Waals surface area contributed by atoms with Gasteiger partial charge in [-0.15, -0.1) is 0 Å². The Morgan fingerprint density at radius 2 is 1.90 bits per heavy atom. The number of ether oxygens (including phenoxy) is 2. The molecule has 3 heterocycles. The number of aromatic amines is 1. The lowest BCUT2D eigenvalue weighted by molar-refractivity contribution is -0.130. The fraction of sp³-hybridized carbons (Fsp3) is 0.318. The van der Waals surface area contributed by atoms with Crippen LogP contribution < -0.4 is 14.4 Å². The molecule has 0 saturated carbocycles. The Kier molecular flexibility index (Phi) is 4.72. The minimum absolute atomic E-state index is 0.148. The standard InChI is InChI=1S/C22H22ClN3O3/c23-16-4-5-17-15(14-24-18(17)13-16)12-21(27)26-8-6-25(7-9-26)19-2-1-3-20-22(19)29-11-10-28-20/h1-5,13-14,24H,6-12H2. The van der Waals surface area contributed by atoms with Gasteiger partial charge in [0.2, 0.25) is 5.91 Å². The first kappa shape index (κ1) is 18.2. The van der Waals surface area contributed by atoms with E-state index < -0.39 is 0 Å². The molecule has 5 rings (SSSR count). The molecule has 0 unspecified atom stereocenters. The first-order valence-corrected chi connectivity index (χ1v) is 10.2. The highest BCUT2D eigenvalue weighted by Gasteiger charge is 2.26. The first-order chi connectivity index (χ1) is 14.2. The Morgan fingerprint density at radius 1 is 1.07 bits per heavy atom. The van der Waals surface area contributed by atoms with Crippen LogP contribution in [0.3, 0.4) is 0 Å². The number of fused-ring (bicyclic) bond motifs is 2. The van der Waals surface area contributed by atoms with Crippen molar-refractivity contribution in [3.05, 3.63) is 53.2 Å². The van der Waals surface area contributed by atoms with E-state index in [2.05, 4.69) is 16.0 Å². The number of carbonyl (C=O) groups is 1. The summed E-state index contributed by atoms with van der Waals surface area (Å²) in [6, 6.07) is 11.7. The van der Waals surface area contributed by atoms with Gasteiger partial charge in [0.25, 0.3) is 0 Å². The summed E-state index contributed by atoms with van der Waals surface area (Å²) in [6.45, 7) is 4.08.